The van der Waals surface area contributed by atoms with E-state index in [1.165, 1.54) is 5.56 Å². The summed E-state index contributed by atoms with van der Waals surface area (Å²) in [6.45, 7) is 2.09. The van der Waals surface area contributed by atoms with Gasteiger partial charge in [-0.25, -0.2) is 0 Å². The number of nitrogens with two attached hydrogens (primary N) is 1. The average Bonchev–Trinajstić information content (AvgIpc) is 2.18. The predicted octanol–water partition coefficient (Wildman–Crippen LogP) is 2.37. The highest BCUT2D eigenvalue weighted by molar-refractivity contribution is 5.85. The van der Waals surface area contributed by atoms with Crippen LogP contribution in [0.25, 0.3) is 0 Å². The summed E-state index contributed by atoms with van der Waals surface area (Å²) in [6.07, 6.45) is 7.23. The molecule has 1 rings (SSSR count). The first kappa shape index (κ1) is 13.0. The standard InChI is InChI=1S/C12H15N.ClH/c1-3-10-7-5-6-8-11(10)9-12(13)4-2;/h1,5-8,12H,4,9,13H2,2H3;1H. The van der Waals surface area contributed by atoms with Crippen molar-refractivity contribution in [3.05, 3.63) is 35.4 Å². The van der Waals surface area contributed by atoms with Gasteiger partial charge in [0.05, 0.1) is 0 Å². The fraction of sp³-hybridized carbons (Fsp3) is 0.333. The minimum absolute atomic E-state index is 0. The molecule has 0 aromatic heterocycles. The van der Waals surface area contributed by atoms with Crippen molar-refractivity contribution in [3.8, 4) is 12.3 Å². The number of benzene rings is 1. The van der Waals surface area contributed by atoms with E-state index in [0.717, 1.165) is 18.4 Å². The zero-order valence-electron chi connectivity index (χ0n) is 8.36. The molecule has 0 saturated carbocycles. The van der Waals surface area contributed by atoms with E-state index < -0.39 is 0 Å². The van der Waals surface area contributed by atoms with Gasteiger partial charge in [0.25, 0.3) is 0 Å². The first-order valence-corrected chi connectivity index (χ1v) is 4.58. The van der Waals surface area contributed by atoms with Crippen LogP contribution in [0.4, 0.5) is 0 Å². The van der Waals surface area contributed by atoms with Crippen LogP contribution in [-0.4, -0.2) is 6.04 Å². The largest absolute Gasteiger partial charge is 0.327 e. The predicted molar refractivity (Wildman–Crippen MR) is 63.6 cm³/mol. The lowest BCUT2D eigenvalue weighted by Gasteiger charge is -2.09. The SMILES string of the molecule is C#Cc1ccccc1CC(N)CC.Cl. The molecule has 0 heterocycles. The summed E-state index contributed by atoms with van der Waals surface area (Å²) in [5.74, 6) is 2.67. The van der Waals surface area contributed by atoms with Crippen molar-refractivity contribution in [1.82, 2.24) is 0 Å². The van der Waals surface area contributed by atoms with Gasteiger partial charge in [0.1, 0.15) is 0 Å². The molecule has 1 aromatic rings. The Morgan fingerprint density at radius 1 is 1.43 bits per heavy atom. The van der Waals surface area contributed by atoms with E-state index in [1.54, 1.807) is 0 Å². The molecular formula is C12H16ClN. The first-order valence-electron chi connectivity index (χ1n) is 4.58. The van der Waals surface area contributed by atoms with Gasteiger partial charge in [-0.05, 0) is 24.5 Å². The van der Waals surface area contributed by atoms with Crippen LogP contribution in [0.15, 0.2) is 24.3 Å². The number of rotatable bonds is 3. The molecule has 1 aromatic carbocycles. The maximum atomic E-state index is 5.86. The Bertz CT molecular complexity index is 314. The highest BCUT2D eigenvalue weighted by Gasteiger charge is 2.03. The lowest BCUT2D eigenvalue weighted by atomic mass is 10.00. The van der Waals surface area contributed by atoms with Crippen molar-refractivity contribution in [1.29, 1.82) is 0 Å². The third-order valence-corrected chi connectivity index (χ3v) is 2.18. The second kappa shape index (κ2) is 6.48. The van der Waals surface area contributed by atoms with E-state index in [-0.39, 0.29) is 18.4 Å². The quantitative estimate of drug-likeness (QED) is 0.761. The second-order valence-corrected chi connectivity index (χ2v) is 3.17. The summed E-state index contributed by atoms with van der Waals surface area (Å²) in [6, 6.07) is 8.17. The summed E-state index contributed by atoms with van der Waals surface area (Å²) in [5, 5.41) is 0. The summed E-state index contributed by atoms with van der Waals surface area (Å²) in [4.78, 5) is 0. The van der Waals surface area contributed by atoms with Crippen molar-refractivity contribution < 1.29 is 0 Å². The van der Waals surface area contributed by atoms with E-state index in [2.05, 4.69) is 12.8 Å². The van der Waals surface area contributed by atoms with Crippen LogP contribution in [0, 0.1) is 12.3 Å². The van der Waals surface area contributed by atoms with Crippen LogP contribution in [0.1, 0.15) is 24.5 Å². The molecule has 0 aliphatic carbocycles. The third kappa shape index (κ3) is 3.41. The summed E-state index contributed by atoms with van der Waals surface area (Å²) in [5.41, 5.74) is 8.00. The van der Waals surface area contributed by atoms with Gasteiger partial charge in [-0.1, -0.05) is 31.0 Å². The Morgan fingerprint density at radius 3 is 2.64 bits per heavy atom. The molecule has 1 nitrogen and oxygen atoms in total. The van der Waals surface area contributed by atoms with Crippen molar-refractivity contribution in [2.45, 2.75) is 25.8 Å². The zero-order valence-corrected chi connectivity index (χ0v) is 9.18. The second-order valence-electron chi connectivity index (χ2n) is 3.17. The van der Waals surface area contributed by atoms with Crippen LogP contribution in [0.3, 0.4) is 0 Å². The van der Waals surface area contributed by atoms with Crippen LogP contribution in [0.2, 0.25) is 0 Å². The van der Waals surface area contributed by atoms with Crippen LogP contribution < -0.4 is 5.73 Å². The van der Waals surface area contributed by atoms with Gasteiger partial charge < -0.3 is 5.73 Å². The molecule has 0 aliphatic heterocycles. The van der Waals surface area contributed by atoms with Crippen LogP contribution in [0.5, 0.6) is 0 Å². The highest BCUT2D eigenvalue weighted by atomic mass is 35.5. The minimum atomic E-state index is 0. The molecule has 14 heavy (non-hydrogen) atoms. The van der Waals surface area contributed by atoms with Gasteiger partial charge in [-0.15, -0.1) is 18.8 Å². The molecular weight excluding hydrogens is 194 g/mol. The molecule has 0 bridgehead atoms. The average molecular weight is 210 g/mol. The maximum Gasteiger partial charge on any atom is 0.0275 e. The van der Waals surface area contributed by atoms with E-state index >= 15 is 0 Å². The molecule has 1 unspecified atom stereocenters. The molecule has 76 valence electrons. The normalized spacial score (nSPS) is 11.2. The Labute approximate surface area is 92.1 Å². The minimum Gasteiger partial charge on any atom is -0.327 e. The van der Waals surface area contributed by atoms with Gasteiger partial charge in [-0.2, -0.15) is 0 Å². The lowest BCUT2D eigenvalue weighted by molar-refractivity contribution is 0.646. The fourth-order valence-electron chi connectivity index (χ4n) is 1.27. The summed E-state index contributed by atoms with van der Waals surface area (Å²) >= 11 is 0. The van der Waals surface area contributed by atoms with Crippen LogP contribution in [-0.2, 0) is 6.42 Å². The van der Waals surface area contributed by atoms with E-state index in [1.807, 2.05) is 24.3 Å². The topological polar surface area (TPSA) is 26.0 Å². The molecule has 0 fully saturated rings. The smallest absolute Gasteiger partial charge is 0.0275 e. The maximum absolute atomic E-state index is 5.86. The van der Waals surface area contributed by atoms with Crippen molar-refractivity contribution in [2.75, 3.05) is 0 Å². The molecule has 0 amide bonds. The molecule has 0 saturated heterocycles. The highest BCUT2D eigenvalue weighted by Crippen LogP contribution is 2.10. The van der Waals surface area contributed by atoms with Crippen LogP contribution >= 0.6 is 12.4 Å². The molecule has 0 radical (unpaired) electrons. The number of hydrogen-bond acceptors (Lipinski definition) is 1. The Hall–Kier alpha value is -0.970. The summed E-state index contributed by atoms with van der Waals surface area (Å²) < 4.78 is 0. The van der Waals surface area contributed by atoms with E-state index in [0.29, 0.717) is 0 Å². The first-order chi connectivity index (χ1) is 6.27. The van der Waals surface area contributed by atoms with Gasteiger partial charge >= 0.3 is 0 Å². The third-order valence-electron chi connectivity index (χ3n) is 2.18. The lowest BCUT2D eigenvalue weighted by Crippen LogP contribution is -2.21. The van der Waals surface area contributed by atoms with Crippen molar-refractivity contribution >= 4 is 12.4 Å². The number of halogens is 1. The molecule has 0 spiro atoms. The van der Waals surface area contributed by atoms with Gasteiger partial charge in [0, 0.05) is 11.6 Å². The Kier molecular flexibility index (Phi) is 6.03. The zero-order chi connectivity index (χ0) is 9.68. The van der Waals surface area contributed by atoms with Crippen molar-refractivity contribution in [2.24, 2.45) is 5.73 Å². The van der Waals surface area contributed by atoms with E-state index in [4.69, 9.17) is 12.2 Å². The molecule has 2 heteroatoms. The number of hydrogen-bond donors (Lipinski definition) is 1. The monoisotopic (exact) mass is 209 g/mol. The van der Waals surface area contributed by atoms with Gasteiger partial charge in [0.15, 0.2) is 0 Å². The Morgan fingerprint density at radius 2 is 2.07 bits per heavy atom. The van der Waals surface area contributed by atoms with E-state index in [9.17, 15) is 0 Å². The van der Waals surface area contributed by atoms with Crippen molar-refractivity contribution in [3.63, 3.8) is 0 Å². The molecule has 0 aliphatic rings. The molecule has 2 N–H and O–H groups in total. The Balaban J connectivity index is 0.00000169. The summed E-state index contributed by atoms with van der Waals surface area (Å²) in [7, 11) is 0. The van der Waals surface area contributed by atoms with Gasteiger partial charge in [-0.3, -0.25) is 0 Å². The fourth-order valence-corrected chi connectivity index (χ4v) is 1.27. The molecule has 1 atom stereocenters. The number of terminal acetylenes is 1. The van der Waals surface area contributed by atoms with Gasteiger partial charge in [0.2, 0.25) is 0 Å².